The lowest BCUT2D eigenvalue weighted by molar-refractivity contribution is 0.133. The summed E-state index contributed by atoms with van der Waals surface area (Å²) in [6, 6.07) is 14.3. The van der Waals surface area contributed by atoms with E-state index in [2.05, 4.69) is 32.7 Å². The number of hydrogen-bond acceptors (Lipinski definition) is 3. The molecule has 6 heteroatoms. The predicted octanol–water partition coefficient (Wildman–Crippen LogP) is 3.14. The monoisotopic (exact) mass is 454 g/mol. The SMILES string of the molecule is CCOCc1ccccc1CNC(=NC)NCCc1ccccn1.I. The minimum Gasteiger partial charge on any atom is -0.377 e. The number of guanidine groups is 1. The van der Waals surface area contributed by atoms with E-state index in [1.807, 2.05) is 43.5 Å². The van der Waals surface area contributed by atoms with Gasteiger partial charge in [-0.15, -0.1) is 24.0 Å². The first-order valence-corrected chi connectivity index (χ1v) is 8.32. The molecule has 0 bridgehead atoms. The van der Waals surface area contributed by atoms with Crippen molar-refractivity contribution in [3.05, 3.63) is 65.5 Å². The molecule has 0 spiro atoms. The standard InChI is InChI=1S/C19H26N4O.HI/c1-3-24-15-17-9-5-4-8-16(17)14-23-19(20-2)22-13-11-18-10-6-7-12-21-18;/h4-10,12H,3,11,13-15H2,1-2H3,(H2,20,22,23);1H. The molecule has 0 saturated heterocycles. The van der Waals surface area contributed by atoms with Crippen LogP contribution in [0.5, 0.6) is 0 Å². The summed E-state index contributed by atoms with van der Waals surface area (Å²) in [6.45, 7) is 4.87. The largest absolute Gasteiger partial charge is 0.377 e. The van der Waals surface area contributed by atoms with Gasteiger partial charge in [-0.25, -0.2) is 0 Å². The maximum Gasteiger partial charge on any atom is 0.191 e. The zero-order valence-electron chi connectivity index (χ0n) is 14.9. The van der Waals surface area contributed by atoms with E-state index in [-0.39, 0.29) is 24.0 Å². The van der Waals surface area contributed by atoms with Crippen molar-refractivity contribution in [2.75, 3.05) is 20.2 Å². The zero-order valence-corrected chi connectivity index (χ0v) is 17.2. The first kappa shape index (κ1) is 21.4. The minimum absolute atomic E-state index is 0. The van der Waals surface area contributed by atoms with Crippen molar-refractivity contribution in [2.45, 2.75) is 26.5 Å². The Labute approximate surface area is 167 Å². The van der Waals surface area contributed by atoms with Crippen molar-refractivity contribution in [1.29, 1.82) is 0 Å². The summed E-state index contributed by atoms with van der Waals surface area (Å²) >= 11 is 0. The summed E-state index contributed by atoms with van der Waals surface area (Å²) in [5, 5.41) is 6.67. The van der Waals surface area contributed by atoms with Crippen LogP contribution in [0.25, 0.3) is 0 Å². The maximum absolute atomic E-state index is 5.53. The average molecular weight is 454 g/mol. The molecule has 136 valence electrons. The fraction of sp³-hybridized carbons (Fsp3) is 0.368. The molecule has 0 atom stereocenters. The summed E-state index contributed by atoms with van der Waals surface area (Å²) < 4.78 is 5.53. The van der Waals surface area contributed by atoms with Crippen molar-refractivity contribution >= 4 is 29.9 Å². The molecule has 5 nitrogen and oxygen atoms in total. The molecule has 0 aliphatic rings. The average Bonchev–Trinajstić information content (AvgIpc) is 2.64. The topological polar surface area (TPSA) is 58.5 Å². The number of halogens is 1. The summed E-state index contributed by atoms with van der Waals surface area (Å²) in [5.41, 5.74) is 3.50. The molecule has 0 radical (unpaired) electrons. The molecule has 2 N–H and O–H groups in total. The molecular weight excluding hydrogens is 427 g/mol. The highest BCUT2D eigenvalue weighted by atomic mass is 127. The highest BCUT2D eigenvalue weighted by molar-refractivity contribution is 14.0. The van der Waals surface area contributed by atoms with E-state index < -0.39 is 0 Å². The van der Waals surface area contributed by atoms with Gasteiger partial charge in [-0.3, -0.25) is 9.98 Å². The Morgan fingerprint density at radius 2 is 1.84 bits per heavy atom. The van der Waals surface area contributed by atoms with Gasteiger partial charge in [-0.05, 0) is 30.2 Å². The quantitative estimate of drug-likeness (QED) is 0.366. The number of benzene rings is 1. The number of ether oxygens (including phenoxy) is 1. The van der Waals surface area contributed by atoms with E-state index in [0.717, 1.165) is 31.2 Å². The summed E-state index contributed by atoms with van der Waals surface area (Å²) in [4.78, 5) is 8.59. The Morgan fingerprint density at radius 1 is 1.08 bits per heavy atom. The van der Waals surface area contributed by atoms with Crippen LogP contribution in [0.1, 0.15) is 23.7 Å². The first-order chi connectivity index (χ1) is 11.8. The molecule has 1 aromatic heterocycles. The Hall–Kier alpha value is -1.67. The normalized spacial score (nSPS) is 10.9. The van der Waals surface area contributed by atoms with Gasteiger partial charge < -0.3 is 15.4 Å². The lowest BCUT2D eigenvalue weighted by Gasteiger charge is -2.14. The van der Waals surface area contributed by atoms with Gasteiger partial charge in [0, 0.05) is 45.1 Å². The second-order valence-corrected chi connectivity index (χ2v) is 5.33. The third-order valence-electron chi connectivity index (χ3n) is 3.65. The molecular formula is C19H27IN4O. The van der Waals surface area contributed by atoms with Crippen LogP contribution in [-0.4, -0.2) is 31.1 Å². The van der Waals surface area contributed by atoms with Crippen molar-refractivity contribution in [3.63, 3.8) is 0 Å². The fourth-order valence-electron chi connectivity index (χ4n) is 2.34. The molecule has 2 aromatic rings. The number of aliphatic imine (C=N–C) groups is 1. The van der Waals surface area contributed by atoms with Gasteiger partial charge >= 0.3 is 0 Å². The Balaban J connectivity index is 0.00000312. The number of hydrogen-bond donors (Lipinski definition) is 2. The van der Waals surface area contributed by atoms with Crippen LogP contribution in [0.3, 0.4) is 0 Å². The number of nitrogens with one attached hydrogen (secondary N) is 2. The van der Waals surface area contributed by atoms with Crippen molar-refractivity contribution in [3.8, 4) is 0 Å². The number of aromatic nitrogens is 1. The van der Waals surface area contributed by atoms with Crippen molar-refractivity contribution in [1.82, 2.24) is 15.6 Å². The lowest BCUT2D eigenvalue weighted by Crippen LogP contribution is -2.38. The summed E-state index contributed by atoms with van der Waals surface area (Å²) in [7, 11) is 1.78. The van der Waals surface area contributed by atoms with Gasteiger partial charge in [0.15, 0.2) is 5.96 Å². The third kappa shape index (κ3) is 7.83. The summed E-state index contributed by atoms with van der Waals surface area (Å²) in [6.07, 6.45) is 2.68. The van der Waals surface area contributed by atoms with Crippen LogP contribution in [0.4, 0.5) is 0 Å². The zero-order chi connectivity index (χ0) is 17.0. The molecule has 2 rings (SSSR count). The fourth-order valence-corrected chi connectivity index (χ4v) is 2.34. The number of pyridine rings is 1. The lowest BCUT2D eigenvalue weighted by atomic mass is 10.1. The Kier molecular flexibility index (Phi) is 10.8. The van der Waals surface area contributed by atoms with Crippen LogP contribution >= 0.6 is 24.0 Å². The van der Waals surface area contributed by atoms with Gasteiger partial charge in [0.1, 0.15) is 0 Å². The minimum atomic E-state index is 0. The first-order valence-electron chi connectivity index (χ1n) is 8.32. The molecule has 0 amide bonds. The highest BCUT2D eigenvalue weighted by Gasteiger charge is 2.03. The molecule has 25 heavy (non-hydrogen) atoms. The third-order valence-corrected chi connectivity index (χ3v) is 3.65. The Bertz CT molecular complexity index is 634. The molecule has 0 saturated carbocycles. The van der Waals surface area contributed by atoms with E-state index in [1.165, 1.54) is 11.1 Å². The van der Waals surface area contributed by atoms with E-state index in [1.54, 1.807) is 7.05 Å². The molecule has 1 heterocycles. The van der Waals surface area contributed by atoms with E-state index in [0.29, 0.717) is 13.2 Å². The molecule has 1 aromatic carbocycles. The second-order valence-electron chi connectivity index (χ2n) is 5.33. The van der Waals surface area contributed by atoms with Crippen LogP contribution in [0.2, 0.25) is 0 Å². The van der Waals surface area contributed by atoms with Gasteiger partial charge in [-0.1, -0.05) is 30.3 Å². The van der Waals surface area contributed by atoms with Crippen LogP contribution < -0.4 is 10.6 Å². The van der Waals surface area contributed by atoms with Gasteiger partial charge in [-0.2, -0.15) is 0 Å². The van der Waals surface area contributed by atoms with Crippen LogP contribution in [0.15, 0.2) is 53.7 Å². The summed E-state index contributed by atoms with van der Waals surface area (Å²) in [5.74, 6) is 0.789. The Morgan fingerprint density at radius 3 is 2.52 bits per heavy atom. The van der Waals surface area contributed by atoms with E-state index >= 15 is 0 Å². The van der Waals surface area contributed by atoms with Crippen molar-refractivity contribution < 1.29 is 4.74 Å². The second kappa shape index (κ2) is 12.7. The molecule has 0 fully saturated rings. The number of rotatable bonds is 8. The highest BCUT2D eigenvalue weighted by Crippen LogP contribution is 2.09. The molecule has 0 aliphatic heterocycles. The van der Waals surface area contributed by atoms with Crippen molar-refractivity contribution in [2.24, 2.45) is 4.99 Å². The van der Waals surface area contributed by atoms with Gasteiger partial charge in [0.2, 0.25) is 0 Å². The van der Waals surface area contributed by atoms with Crippen LogP contribution in [0, 0.1) is 0 Å². The predicted molar refractivity (Wildman–Crippen MR) is 113 cm³/mol. The van der Waals surface area contributed by atoms with E-state index in [4.69, 9.17) is 4.74 Å². The smallest absolute Gasteiger partial charge is 0.191 e. The van der Waals surface area contributed by atoms with E-state index in [9.17, 15) is 0 Å². The molecule has 0 unspecified atom stereocenters. The van der Waals surface area contributed by atoms with Gasteiger partial charge in [0.25, 0.3) is 0 Å². The maximum atomic E-state index is 5.53. The van der Waals surface area contributed by atoms with Gasteiger partial charge in [0.05, 0.1) is 6.61 Å². The van der Waals surface area contributed by atoms with Crippen LogP contribution in [-0.2, 0) is 24.3 Å². The number of nitrogens with zero attached hydrogens (tertiary/aromatic N) is 2. The molecule has 0 aliphatic carbocycles.